The lowest BCUT2D eigenvalue weighted by Gasteiger charge is -2.28. The van der Waals surface area contributed by atoms with Gasteiger partial charge in [-0.1, -0.05) is 42.1 Å². The molecule has 1 aliphatic heterocycles. The van der Waals surface area contributed by atoms with E-state index in [-0.39, 0.29) is 11.7 Å². The van der Waals surface area contributed by atoms with E-state index in [1.807, 2.05) is 54.6 Å². The van der Waals surface area contributed by atoms with Gasteiger partial charge in [-0.2, -0.15) is 0 Å². The van der Waals surface area contributed by atoms with Gasteiger partial charge < -0.3 is 19.4 Å². The van der Waals surface area contributed by atoms with Crippen molar-refractivity contribution >= 4 is 23.5 Å². The third kappa shape index (κ3) is 6.06. The maximum absolute atomic E-state index is 12.5. The molecule has 0 aliphatic carbocycles. The van der Waals surface area contributed by atoms with E-state index in [1.54, 1.807) is 18.5 Å². The predicted octanol–water partition coefficient (Wildman–Crippen LogP) is 4.19. The first-order chi connectivity index (χ1) is 17.2. The maximum Gasteiger partial charge on any atom is 0.287 e. The molecule has 0 saturated carbocycles. The summed E-state index contributed by atoms with van der Waals surface area (Å²) in [5.74, 6) is 2.11. The van der Waals surface area contributed by atoms with Crippen LogP contribution in [0.25, 0.3) is 11.3 Å². The number of morpholine rings is 1. The van der Waals surface area contributed by atoms with Gasteiger partial charge in [0.25, 0.3) is 5.91 Å². The lowest BCUT2D eigenvalue weighted by molar-refractivity contribution is 0.0921. The minimum atomic E-state index is -0.255. The SMILES string of the molecule is O=C(NCc1ccncc1)c1ccc(CSc2nc(-c3ccccc3)cc(N3CCOCC3)n2)o1. The van der Waals surface area contributed by atoms with E-state index in [1.165, 1.54) is 11.8 Å². The van der Waals surface area contributed by atoms with Gasteiger partial charge in [-0.05, 0) is 29.8 Å². The van der Waals surface area contributed by atoms with Crippen LogP contribution in [0.5, 0.6) is 0 Å². The Morgan fingerprint density at radius 3 is 2.60 bits per heavy atom. The average Bonchev–Trinajstić information content (AvgIpc) is 3.41. The predicted molar refractivity (Wildman–Crippen MR) is 134 cm³/mol. The van der Waals surface area contributed by atoms with E-state index >= 15 is 0 Å². The standard InChI is InChI=1S/C26H25N5O3S/c32-25(28-17-19-8-10-27-11-9-19)23-7-6-21(34-23)18-35-26-29-22(20-4-2-1-3-5-20)16-24(30-26)31-12-14-33-15-13-31/h1-11,16H,12-15,17-18H2,(H,28,32). The Morgan fingerprint density at radius 1 is 1.00 bits per heavy atom. The number of aromatic nitrogens is 3. The van der Waals surface area contributed by atoms with Crippen LogP contribution in [0.15, 0.2) is 82.6 Å². The number of amides is 1. The van der Waals surface area contributed by atoms with Crippen molar-refractivity contribution in [3.8, 4) is 11.3 Å². The normalized spacial score (nSPS) is 13.5. The first-order valence-electron chi connectivity index (χ1n) is 11.4. The zero-order valence-electron chi connectivity index (χ0n) is 19.1. The molecule has 5 rings (SSSR count). The third-order valence-corrected chi connectivity index (χ3v) is 6.40. The van der Waals surface area contributed by atoms with E-state index < -0.39 is 0 Å². The van der Waals surface area contributed by atoms with Crippen molar-refractivity contribution in [1.29, 1.82) is 0 Å². The Morgan fingerprint density at radius 2 is 1.80 bits per heavy atom. The number of hydrogen-bond donors (Lipinski definition) is 1. The topological polar surface area (TPSA) is 93.4 Å². The molecular formula is C26H25N5O3S. The van der Waals surface area contributed by atoms with Crippen molar-refractivity contribution in [2.45, 2.75) is 17.5 Å². The third-order valence-electron chi connectivity index (χ3n) is 5.53. The van der Waals surface area contributed by atoms with Crippen LogP contribution < -0.4 is 10.2 Å². The van der Waals surface area contributed by atoms with Crippen LogP contribution in [0.1, 0.15) is 21.9 Å². The Labute approximate surface area is 207 Å². The zero-order valence-corrected chi connectivity index (χ0v) is 19.9. The first-order valence-corrected chi connectivity index (χ1v) is 12.4. The Hall–Kier alpha value is -3.69. The second kappa shape index (κ2) is 11.2. The molecule has 1 saturated heterocycles. The number of thioether (sulfide) groups is 1. The van der Waals surface area contributed by atoms with Crippen LogP contribution in [0, 0.1) is 0 Å². The molecule has 1 amide bonds. The Kier molecular flexibility index (Phi) is 7.35. The van der Waals surface area contributed by atoms with Crippen LogP contribution in [0.4, 0.5) is 5.82 Å². The van der Waals surface area contributed by atoms with Gasteiger partial charge in [-0.25, -0.2) is 9.97 Å². The molecule has 0 unspecified atom stereocenters. The fraction of sp³-hybridized carbons (Fsp3) is 0.231. The molecule has 0 spiro atoms. The number of anilines is 1. The zero-order chi connectivity index (χ0) is 23.9. The summed E-state index contributed by atoms with van der Waals surface area (Å²) >= 11 is 1.48. The van der Waals surface area contributed by atoms with Gasteiger partial charge in [-0.3, -0.25) is 9.78 Å². The number of pyridine rings is 1. The smallest absolute Gasteiger partial charge is 0.287 e. The number of benzene rings is 1. The molecule has 0 bridgehead atoms. The van der Waals surface area contributed by atoms with Crippen LogP contribution in [0.2, 0.25) is 0 Å². The van der Waals surface area contributed by atoms with Gasteiger partial charge in [0.2, 0.25) is 0 Å². The summed E-state index contributed by atoms with van der Waals surface area (Å²) in [4.78, 5) is 28.2. The number of rotatable bonds is 8. The van der Waals surface area contributed by atoms with Gasteiger partial charge in [-0.15, -0.1) is 0 Å². The Bertz CT molecular complexity index is 1260. The lowest BCUT2D eigenvalue weighted by Crippen LogP contribution is -2.36. The molecule has 1 fully saturated rings. The number of nitrogens with zero attached hydrogens (tertiary/aromatic N) is 4. The second-order valence-corrected chi connectivity index (χ2v) is 8.89. The number of nitrogens with one attached hydrogen (secondary N) is 1. The van der Waals surface area contributed by atoms with Crippen LogP contribution in [-0.2, 0) is 17.0 Å². The van der Waals surface area contributed by atoms with Crippen LogP contribution >= 0.6 is 11.8 Å². The average molecular weight is 488 g/mol. The van der Waals surface area contributed by atoms with Crippen molar-refractivity contribution in [3.05, 3.63) is 90.1 Å². The molecule has 8 nitrogen and oxygen atoms in total. The van der Waals surface area contributed by atoms with Crippen LogP contribution in [0.3, 0.4) is 0 Å². The molecule has 3 aromatic heterocycles. The highest BCUT2D eigenvalue weighted by molar-refractivity contribution is 7.98. The summed E-state index contributed by atoms with van der Waals surface area (Å²) in [6.45, 7) is 3.38. The minimum absolute atomic E-state index is 0.255. The molecule has 35 heavy (non-hydrogen) atoms. The van der Waals surface area contributed by atoms with E-state index in [0.717, 1.165) is 35.7 Å². The quantitative estimate of drug-likeness (QED) is 0.292. The molecular weight excluding hydrogens is 462 g/mol. The molecule has 178 valence electrons. The summed E-state index contributed by atoms with van der Waals surface area (Å²) in [6.07, 6.45) is 3.39. The molecule has 1 aromatic carbocycles. The fourth-order valence-electron chi connectivity index (χ4n) is 3.67. The summed E-state index contributed by atoms with van der Waals surface area (Å²) < 4.78 is 11.3. The fourth-order valence-corrected chi connectivity index (χ4v) is 4.42. The van der Waals surface area contributed by atoms with Gasteiger partial charge in [0.15, 0.2) is 10.9 Å². The number of hydrogen-bond acceptors (Lipinski definition) is 8. The monoisotopic (exact) mass is 487 g/mol. The molecule has 0 radical (unpaired) electrons. The highest BCUT2D eigenvalue weighted by Gasteiger charge is 2.17. The van der Waals surface area contributed by atoms with E-state index in [4.69, 9.17) is 19.1 Å². The number of carbonyl (C=O) groups is 1. The van der Waals surface area contributed by atoms with E-state index in [2.05, 4.69) is 15.2 Å². The van der Waals surface area contributed by atoms with Crippen molar-refractivity contribution in [3.63, 3.8) is 0 Å². The maximum atomic E-state index is 12.5. The number of carbonyl (C=O) groups excluding carboxylic acids is 1. The van der Waals surface area contributed by atoms with Crippen LogP contribution in [-0.4, -0.2) is 47.2 Å². The molecule has 9 heteroatoms. The summed E-state index contributed by atoms with van der Waals surface area (Å²) in [5, 5.41) is 3.52. The van der Waals surface area contributed by atoms with E-state index in [0.29, 0.717) is 36.4 Å². The Balaban J connectivity index is 1.27. The van der Waals surface area contributed by atoms with Crippen molar-refractivity contribution in [2.24, 2.45) is 0 Å². The summed E-state index contributed by atoms with van der Waals surface area (Å²) in [6, 6.07) is 19.3. The van der Waals surface area contributed by atoms with Crippen molar-refractivity contribution in [1.82, 2.24) is 20.3 Å². The van der Waals surface area contributed by atoms with E-state index in [9.17, 15) is 4.79 Å². The van der Waals surface area contributed by atoms with Gasteiger partial charge >= 0.3 is 0 Å². The highest BCUT2D eigenvalue weighted by Crippen LogP contribution is 2.28. The highest BCUT2D eigenvalue weighted by atomic mass is 32.2. The minimum Gasteiger partial charge on any atom is -0.455 e. The summed E-state index contributed by atoms with van der Waals surface area (Å²) in [7, 11) is 0. The largest absolute Gasteiger partial charge is 0.455 e. The van der Waals surface area contributed by atoms with Crippen molar-refractivity contribution in [2.75, 3.05) is 31.2 Å². The van der Waals surface area contributed by atoms with Gasteiger partial charge in [0.1, 0.15) is 11.6 Å². The molecule has 1 N–H and O–H groups in total. The number of furan rings is 1. The molecule has 4 heterocycles. The first kappa shape index (κ1) is 23.1. The van der Waals surface area contributed by atoms with Gasteiger partial charge in [0, 0.05) is 43.7 Å². The van der Waals surface area contributed by atoms with Gasteiger partial charge in [0.05, 0.1) is 24.7 Å². The summed E-state index contributed by atoms with van der Waals surface area (Å²) in [5.41, 5.74) is 2.89. The number of ether oxygens (including phenoxy) is 1. The second-order valence-electron chi connectivity index (χ2n) is 7.95. The molecule has 4 aromatic rings. The van der Waals surface area contributed by atoms with Crippen molar-refractivity contribution < 1.29 is 13.9 Å². The molecule has 0 atom stereocenters. The lowest BCUT2D eigenvalue weighted by atomic mass is 10.1. The molecule has 1 aliphatic rings.